The topological polar surface area (TPSA) is 63.2 Å². The Morgan fingerprint density at radius 1 is 1.25 bits per heavy atom. The standard InChI is InChI=1S/C19H26F3N3O3/c1-3-23-18(25-11-9-14(10-12-25)17(26)27-4-2)24-13-15-7-5-6-8-16(15)28-19(20,21)22/h5-8,14H,3-4,9-13H2,1-2H3,(H,23,24). The van der Waals surface area contributed by atoms with Crippen LogP contribution in [0.4, 0.5) is 13.2 Å². The number of benzene rings is 1. The van der Waals surface area contributed by atoms with Gasteiger partial charge in [-0.3, -0.25) is 4.79 Å². The van der Waals surface area contributed by atoms with Crippen LogP contribution in [0.1, 0.15) is 32.3 Å². The molecule has 28 heavy (non-hydrogen) atoms. The molecular formula is C19H26F3N3O3. The molecule has 1 saturated heterocycles. The van der Waals surface area contributed by atoms with Gasteiger partial charge in [-0.15, -0.1) is 13.2 Å². The van der Waals surface area contributed by atoms with Crippen molar-refractivity contribution in [2.24, 2.45) is 10.9 Å². The predicted octanol–water partition coefficient (Wildman–Crippen LogP) is 3.33. The van der Waals surface area contributed by atoms with Crippen LogP contribution < -0.4 is 10.1 Å². The number of hydrogen-bond donors (Lipinski definition) is 1. The fourth-order valence-corrected chi connectivity index (χ4v) is 3.03. The molecule has 1 heterocycles. The molecule has 1 N–H and O–H groups in total. The molecule has 0 amide bonds. The van der Waals surface area contributed by atoms with E-state index in [0.29, 0.717) is 50.6 Å². The van der Waals surface area contributed by atoms with Crippen LogP contribution in [0, 0.1) is 5.92 Å². The molecule has 1 aliphatic heterocycles. The molecule has 0 radical (unpaired) electrons. The summed E-state index contributed by atoms with van der Waals surface area (Å²) < 4.78 is 46.9. The highest BCUT2D eigenvalue weighted by atomic mass is 19.4. The molecule has 1 aliphatic rings. The van der Waals surface area contributed by atoms with Gasteiger partial charge >= 0.3 is 12.3 Å². The molecule has 0 atom stereocenters. The molecule has 6 nitrogen and oxygen atoms in total. The Labute approximate surface area is 162 Å². The number of aliphatic imine (C=N–C) groups is 1. The summed E-state index contributed by atoms with van der Waals surface area (Å²) in [6, 6.07) is 5.96. The zero-order chi connectivity index (χ0) is 20.6. The van der Waals surface area contributed by atoms with E-state index in [0.717, 1.165) is 0 Å². The van der Waals surface area contributed by atoms with E-state index in [-0.39, 0.29) is 24.2 Å². The number of nitrogens with zero attached hydrogens (tertiary/aromatic N) is 2. The lowest BCUT2D eigenvalue weighted by Gasteiger charge is -2.33. The largest absolute Gasteiger partial charge is 0.573 e. The second-order valence-corrected chi connectivity index (χ2v) is 6.34. The molecule has 156 valence electrons. The number of hydrogen-bond acceptors (Lipinski definition) is 4. The first kappa shape index (κ1) is 21.8. The van der Waals surface area contributed by atoms with Crippen molar-refractivity contribution in [1.29, 1.82) is 0 Å². The summed E-state index contributed by atoms with van der Waals surface area (Å²) >= 11 is 0. The van der Waals surface area contributed by atoms with Crippen LogP contribution in [-0.2, 0) is 16.1 Å². The van der Waals surface area contributed by atoms with Gasteiger partial charge in [-0.05, 0) is 32.8 Å². The first-order chi connectivity index (χ1) is 13.3. The third-order valence-electron chi connectivity index (χ3n) is 4.35. The molecule has 0 saturated carbocycles. The van der Waals surface area contributed by atoms with Crippen molar-refractivity contribution in [2.45, 2.75) is 39.6 Å². The number of ether oxygens (including phenoxy) is 2. The number of likely N-dealkylation sites (tertiary alicyclic amines) is 1. The van der Waals surface area contributed by atoms with E-state index in [2.05, 4.69) is 15.0 Å². The lowest BCUT2D eigenvalue weighted by molar-refractivity contribution is -0.274. The van der Waals surface area contributed by atoms with Crippen molar-refractivity contribution in [2.75, 3.05) is 26.2 Å². The number of piperidine rings is 1. The summed E-state index contributed by atoms with van der Waals surface area (Å²) in [6.45, 7) is 5.98. The maximum absolute atomic E-state index is 12.6. The number of para-hydroxylation sites is 1. The minimum atomic E-state index is -4.75. The van der Waals surface area contributed by atoms with Crippen molar-refractivity contribution >= 4 is 11.9 Å². The quantitative estimate of drug-likeness (QED) is 0.450. The van der Waals surface area contributed by atoms with E-state index in [9.17, 15) is 18.0 Å². The van der Waals surface area contributed by atoms with Gasteiger partial charge in [0.1, 0.15) is 5.75 Å². The smallest absolute Gasteiger partial charge is 0.466 e. The number of halogens is 3. The SMILES string of the molecule is CCNC(=NCc1ccccc1OC(F)(F)F)N1CCC(C(=O)OCC)CC1. The highest BCUT2D eigenvalue weighted by Gasteiger charge is 2.32. The number of rotatable bonds is 6. The van der Waals surface area contributed by atoms with Gasteiger partial charge < -0.3 is 19.7 Å². The summed E-state index contributed by atoms with van der Waals surface area (Å²) in [7, 11) is 0. The molecule has 1 aromatic carbocycles. The average molecular weight is 401 g/mol. The van der Waals surface area contributed by atoms with Gasteiger partial charge in [0, 0.05) is 25.2 Å². The predicted molar refractivity (Wildman–Crippen MR) is 98.9 cm³/mol. The summed E-state index contributed by atoms with van der Waals surface area (Å²) in [5, 5.41) is 3.16. The van der Waals surface area contributed by atoms with Crippen LogP contribution in [-0.4, -0.2) is 49.4 Å². The lowest BCUT2D eigenvalue weighted by Crippen LogP contribution is -2.46. The van der Waals surface area contributed by atoms with Crippen LogP contribution >= 0.6 is 0 Å². The van der Waals surface area contributed by atoms with Gasteiger partial charge in [0.2, 0.25) is 0 Å². The summed E-state index contributed by atoms with van der Waals surface area (Å²) in [5.41, 5.74) is 0.344. The Balaban J connectivity index is 2.05. The van der Waals surface area contributed by atoms with Gasteiger partial charge in [0.25, 0.3) is 0 Å². The van der Waals surface area contributed by atoms with E-state index in [1.807, 2.05) is 11.8 Å². The Morgan fingerprint density at radius 3 is 2.54 bits per heavy atom. The van der Waals surface area contributed by atoms with Crippen LogP contribution in [0.3, 0.4) is 0 Å². The van der Waals surface area contributed by atoms with E-state index in [4.69, 9.17) is 4.74 Å². The van der Waals surface area contributed by atoms with E-state index >= 15 is 0 Å². The first-order valence-corrected chi connectivity index (χ1v) is 9.37. The normalized spacial score (nSPS) is 16.0. The van der Waals surface area contributed by atoms with Crippen molar-refractivity contribution in [1.82, 2.24) is 10.2 Å². The fraction of sp³-hybridized carbons (Fsp3) is 0.579. The van der Waals surface area contributed by atoms with E-state index < -0.39 is 6.36 Å². The minimum Gasteiger partial charge on any atom is -0.466 e. The van der Waals surface area contributed by atoms with Crippen LogP contribution in [0.15, 0.2) is 29.3 Å². The number of carbonyl (C=O) groups excluding carboxylic acids is 1. The Morgan fingerprint density at radius 2 is 1.93 bits per heavy atom. The average Bonchev–Trinajstić information content (AvgIpc) is 2.65. The number of esters is 1. The second kappa shape index (κ2) is 10.2. The third kappa shape index (κ3) is 6.61. The van der Waals surface area contributed by atoms with Gasteiger partial charge in [-0.1, -0.05) is 18.2 Å². The van der Waals surface area contributed by atoms with Gasteiger partial charge in [0.15, 0.2) is 5.96 Å². The maximum atomic E-state index is 12.6. The highest BCUT2D eigenvalue weighted by Crippen LogP contribution is 2.27. The van der Waals surface area contributed by atoms with Crippen molar-refractivity contribution in [3.8, 4) is 5.75 Å². The summed E-state index contributed by atoms with van der Waals surface area (Å²) in [5.74, 6) is 0.0459. The molecule has 1 fully saturated rings. The molecule has 0 bridgehead atoms. The second-order valence-electron chi connectivity index (χ2n) is 6.34. The van der Waals surface area contributed by atoms with Crippen molar-refractivity contribution < 1.29 is 27.4 Å². The van der Waals surface area contributed by atoms with Gasteiger partial charge in [0.05, 0.1) is 19.1 Å². The Hall–Kier alpha value is -2.45. The summed E-state index contributed by atoms with van der Waals surface area (Å²) in [4.78, 5) is 18.3. The molecular weight excluding hydrogens is 375 g/mol. The first-order valence-electron chi connectivity index (χ1n) is 9.37. The monoisotopic (exact) mass is 401 g/mol. The molecule has 0 spiro atoms. The number of carbonyl (C=O) groups is 1. The van der Waals surface area contributed by atoms with Gasteiger partial charge in [-0.2, -0.15) is 0 Å². The molecule has 0 aromatic heterocycles. The minimum absolute atomic E-state index is 0.0480. The Bertz CT molecular complexity index is 672. The highest BCUT2D eigenvalue weighted by molar-refractivity contribution is 5.80. The molecule has 1 aromatic rings. The third-order valence-corrected chi connectivity index (χ3v) is 4.35. The molecule has 0 aliphatic carbocycles. The summed E-state index contributed by atoms with van der Waals surface area (Å²) in [6.07, 6.45) is -3.45. The molecule has 0 unspecified atom stereocenters. The zero-order valence-electron chi connectivity index (χ0n) is 16.1. The van der Waals surface area contributed by atoms with Crippen LogP contribution in [0.25, 0.3) is 0 Å². The maximum Gasteiger partial charge on any atom is 0.573 e. The number of guanidine groups is 1. The molecule has 2 rings (SSSR count). The number of alkyl halides is 3. The van der Waals surface area contributed by atoms with Gasteiger partial charge in [-0.25, -0.2) is 4.99 Å². The zero-order valence-corrected chi connectivity index (χ0v) is 16.1. The van der Waals surface area contributed by atoms with E-state index in [1.165, 1.54) is 12.1 Å². The van der Waals surface area contributed by atoms with E-state index in [1.54, 1.807) is 19.1 Å². The van der Waals surface area contributed by atoms with Crippen molar-refractivity contribution in [3.05, 3.63) is 29.8 Å². The van der Waals surface area contributed by atoms with Crippen LogP contribution in [0.2, 0.25) is 0 Å². The Kier molecular flexibility index (Phi) is 7.95. The lowest BCUT2D eigenvalue weighted by atomic mass is 9.97. The number of nitrogens with one attached hydrogen (secondary N) is 1. The van der Waals surface area contributed by atoms with Crippen molar-refractivity contribution in [3.63, 3.8) is 0 Å². The fourth-order valence-electron chi connectivity index (χ4n) is 3.03. The van der Waals surface area contributed by atoms with Crippen LogP contribution in [0.5, 0.6) is 5.75 Å². The molecule has 9 heteroatoms.